The maximum absolute atomic E-state index is 13.8. The second kappa shape index (κ2) is 7.94. The molecular formula is C17H13F5N2O2. The van der Waals surface area contributed by atoms with Gasteiger partial charge >= 0.3 is 0 Å². The van der Waals surface area contributed by atoms with E-state index in [9.17, 15) is 31.5 Å². The predicted octanol–water partition coefficient (Wildman–Crippen LogP) is 3.76. The highest BCUT2D eigenvalue weighted by atomic mass is 19.2. The Morgan fingerprint density at radius 1 is 0.923 bits per heavy atom. The van der Waals surface area contributed by atoms with E-state index in [1.54, 1.807) is 0 Å². The quantitative estimate of drug-likeness (QED) is 0.642. The van der Waals surface area contributed by atoms with Crippen molar-refractivity contribution >= 4 is 23.2 Å². The van der Waals surface area contributed by atoms with Gasteiger partial charge in [0.25, 0.3) is 0 Å². The highest BCUT2D eigenvalue weighted by Crippen LogP contribution is 2.24. The van der Waals surface area contributed by atoms with E-state index >= 15 is 0 Å². The van der Waals surface area contributed by atoms with Crippen LogP contribution in [0.4, 0.5) is 33.3 Å². The van der Waals surface area contributed by atoms with Crippen molar-refractivity contribution in [2.75, 3.05) is 16.8 Å². The highest BCUT2D eigenvalue weighted by Gasteiger charge is 2.21. The van der Waals surface area contributed by atoms with Crippen molar-refractivity contribution in [3.05, 3.63) is 59.4 Å². The molecule has 0 saturated heterocycles. The van der Waals surface area contributed by atoms with Crippen molar-refractivity contribution in [1.82, 2.24) is 0 Å². The van der Waals surface area contributed by atoms with Crippen LogP contribution >= 0.6 is 0 Å². The van der Waals surface area contributed by atoms with Gasteiger partial charge < -0.3 is 10.2 Å². The zero-order valence-electron chi connectivity index (χ0n) is 13.5. The third-order valence-corrected chi connectivity index (χ3v) is 3.46. The number of para-hydroxylation sites is 1. The van der Waals surface area contributed by atoms with Crippen LogP contribution < -0.4 is 10.2 Å². The number of anilines is 2. The number of hydrogen-bond donors (Lipinski definition) is 1. The number of benzene rings is 2. The maximum atomic E-state index is 13.8. The van der Waals surface area contributed by atoms with Crippen LogP contribution in [-0.2, 0) is 9.59 Å². The molecule has 0 aliphatic carbocycles. The van der Waals surface area contributed by atoms with Crippen LogP contribution in [0.3, 0.4) is 0 Å². The van der Waals surface area contributed by atoms with E-state index in [0.717, 1.165) is 31.2 Å². The van der Waals surface area contributed by atoms with Crippen LogP contribution in [0.25, 0.3) is 0 Å². The monoisotopic (exact) mass is 372 g/mol. The fraction of sp³-hybridized carbons (Fsp3) is 0.176. The number of nitrogens with zero attached hydrogens (tertiary/aromatic N) is 1. The summed E-state index contributed by atoms with van der Waals surface area (Å²) in [6, 6.07) is 4.47. The first-order valence-electron chi connectivity index (χ1n) is 7.37. The summed E-state index contributed by atoms with van der Waals surface area (Å²) in [5.41, 5.74) is -1.22. The average Bonchev–Trinajstić information content (AvgIpc) is 2.57. The van der Waals surface area contributed by atoms with Gasteiger partial charge in [0.15, 0.2) is 17.5 Å². The number of hydrogen-bond acceptors (Lipinski definition) is 2. The summed E-state index contributed by atoms with van der Waals surface area (Å²) in [5, 5.41) is 2.01. The Labute approximate surface area is 145 Å². The maximum Gasteiger partial charge on any atom is 0.226 e. The molecule has 138 valence electrons. The zero-order chi connectivity index (χ0) is 19.4. The molecule has 0 spiro atoms. The van der Waals surface area contributed by atoms with Crippen molar-refractivity contribution in [3.63, 3.8) is 0 Å². The van der Waals surface area contributed by atoms with Crippen LogP contribution in [0.1, 0.15) is 13.3 Å². The van der Waals surface area contributed by atoms with E-state index in [0.29, 0.717) is 11.0 Å². The first-order valence-corrected chi connectivity index (χ1v) is 7.37. The third-order valence-electron chi connectivity index (χ3n) is 3.46. The Kier molecular flexibility index (Phi) is 5.91. The van der Waals surface area contributed by atoms with Crippen molar-refractivity contribution in [2.45, 2.75) is 13.3 Å². The van der Waals surface area contributed by atoms with Crippen molar-refractivity contribution < 1.29 is 31.5 Å². The normalized spacial score (nSPS) is 10.5. The fourth-order valence-electron chi connectivity index (χ4n) is 2.22. The molecule has 26 heavy (non-hydrogen) atoms. The predicted molar refractivity (Wildman–Crippen MR) is 83.9 cm³/mol. The van der Waals surface area contributed by atoms with Crippen LogP contribution in [0.5, 0.6) is 0 Å². The van der Waals surface area contributed by atoms with Crippen LogP contribution in [-0.4, -0.2) is 18.4 Å². The number of nitrogens with one attached hydrogen (secondary N) is 1. The molecule has 2 rings (SSSR count). The standard InChI is InChI=1S/C17H13F5N2O2/c1-9(25)24(17-11(19)3-2-4-12(17)20)8-7-14(26)23-13-6-5-10(18)15(21)16(13)22/h2-6H,7-8H2,1H3,(H,23,26). The molecule has 0 saturated carbocycles. The average molecular weight is 372 g/mol. The molecule has 0 aromatic heterocycles. The molecule has 0 atom stereocenters. The van der Waals surface area contributed by atoms with Gasteiger partial charge in [-0.2, -0.15) is 0 Å². The van der Waals surface area contributed by atoms with E-state index < -0.39 is 65.2 Å². The molecule has 1 N–H and O–H groups in total. The minimum Gasteiger partial charge on any atom is -0.323 e. The number of halogens is 5. The lowest BCUT2D eigenvalue weighted by molar-refractivity contribution is -0.117. The van der Waals surface area contributed by atoms with E-state index in [2.05, 4.69) is 0 Å². The molecule has 2 aromatic carbocycles. The van der Waals surface area contributed by atoms with Gasteiger partial charge in [-0.05, 0) is 24.3 Å². The Balaban J connectivity index is 2.12. The van der Waals surface area contributed by atoms with Crippen LogP contribution in [0.2, 0.25) is 0 Å². The lowest BCUT2D eigenvalue weighted by atomic mass is 10.2. The van der Waals surface area contributed by atoms with Gasteiger partial charge in [-0.3, -0.25) is 9.59 Å². The Morgan fingerprint density at radius 3 is 2.12 bits per heavy atom. The van der Waals surface area contributed by atoms with Crippen LogP contribution in [0.15, 0.2) is 30.3 Å². The topological polar surface area (TPSA) is 49.4 Å². The van der Waals surface area contributed by atoms with E-state index in [4.69, 9.17) is 0 Å². The molecule has 0 aliphatic rings. The summed E-state index contributed by atoms with van der Waals surface area (Å²) in [6.45, 7) is 0.642. The van der Waals surface area contributed by atoms with Crippen molar-refractivity contribution in [1.29, 1.82) is 0 Å². The summed E-state index contributed by atoms with van der Waals surface area (Å²) >= 11 is 0. The van der Waals surface area contributed by atoms with Gasteiger partial charge in [0.1, 0.15) is 17.3 Å². The fourth-order valence-corrected chi connectivity index (χ4v) is 2.22. The number of carbonyl (C=O) groups excluding carboxylic acids is 2. The molecule has 0 aliphatic heterocycles. The lowest BCUT2D eigenvalue weighted by Gasteiger charge is -2.22. The van der Waals surface area contributed by atoms with Gasteiger partial charge in [-0.15, -0.1) is 0 Å². The smallest absolute Gasteiger partial charge is 0.226 e. The van der Waals surface area contributed by atoms with Gasteiger partial charge in [0.2, 0.25) is 11.8 Å². The third kappa shape index (κ3) is 4.16. The van der Waals surface area contributed by atoms with Gasteiger partial charge in [0.05, 0.1) is 5.69 Å². The van der Waals surface area contributed by atoms with Gasteiger partial charge in [0, 0.05) is 19.9 Å². The van der Waals surface area contributed by atoms with E-state index in [1.807, 2.05) is 5.32 Å². The Bertz CT molecular complexity index is 837. The largest absolute Gasteiger partial charge is 0.323 e. The second-order valence-corrected chi connectivity index (χ2v) is 5.26. The number of amides is 2. The molecule has 0 fully saturated rings. The van der Waals surface area contributed by atoms with E-state index in [-0.39, 0.29) is 0 Å². The Morgan fingerprint density at radius 2 is 1.54 bits per heavy atom. The summed E-state index contributed by atoms with van der Waals surface area (Å²) in [7, 11) is 0. The second-order valence-electron chi connectivity index (χ2n) is 5.26. The molecular weight excluding hydrogens is 359 g/mol. The zero-order valence-corrected chi connectivity index (χ0v) is 13.5. The van der Waals surface area contributed by atoms with Crippen molar-refractivity contribution in [2.24, 2.45) is 0 Å². The highest BCUT2D eigenvalue weighted by molar-refractivity contribution is 5.95. The summed E-state index contributed by atoms with van der Waals surface area (Å²) < 4.78 is 67.1. The SMILES string of the molecule is CC(=O)N(CCC(=O)Nc1ccc(F)c(F)c1F)c1c(F)cccc1F. The van der Waals surface area contributed by atoms with E-state index in [1.165, 1.54) is 0 Å². The molecule has 2 aromatic rings. The summed E-state index contributed by atoms with van der Waals surface area (Å²) in [4.78, 5) is 24.2. The summed E-state index contributed by atoms with van der Waals surface area (Å²) in [6.07, 6.45) is -0.466. The molecule has 0 radical (unpaired) electrons. The minimum absolute atomic E-state index is 0.412. The summed E-state index contributed by atoms with van der Waals surface area (Å²) in [5.74, 6) is -8.32. The van der Waals surface area contributed by atoms with Crippen LogP contribution in [0, 0.1) is 29.1 Å². The molecule has 9 heteroatoms. The number of rotatable bonds is 5. The van der Waals surface area contributed by atoms with Gasteiger partial charge in [-0.1, -0.05) is 6.07 Å². The molecule has 4 nitrogen and oxygen atoms in total. The molecule has 0 bridgehead atoms. The molecule has 0 unspecified atom stereocenters. The first-order chi connectivity index (χ1) is 12.2. The number of carbonyl (C=O) groups is 2. The van der Waals surface area contributed by atoms with Crippen molar-refractivity contribution in [3.8, 4) is 0 Å². The minimum atomic E-state index is -1.75. The first kappa shape index (κ1) is 19.4. The lowest BCUT2D eigenvalue weighted by Crippen LogP contribution is -2.33. The molecule has 0 heterocycles. The van der Waals surface area contributed by atoms with Gasteiger partial charge in [-0.25, -0.2) is 22.0 Å². The Hall–Kier alpha value is -2.97. The molecule has 2 amide bonds.